The summed E-state index contributed by atoms with van der Waals surface area (Å²) < 4.78 is 1.81. The first-order valence-corrected chi connectivity index (χ1v) is 5.70. The van der Waals surface area contributed by atoms with Crippen LogP contribution in [0.2, 0.25) is 0 Å². The third-order valence-corrected chi connectivity index (χ3v) is 2.63. The number of benzene rings is 1. The molecule has 0 aliphatic rings. The van der Waals surface area contributed by atoms with Crippen molar-refractivity contribution in [1.29, 1.82) is 0 Å². The van der Waals surface area contributed by atoms with Gasteiger partial charge in [0.25, 0.3) is 11.4 Å². The van der Waals surface area contributed by atoms with Crippen LogP contribution in [0.3, 0.4) is 0 Å². The normalized spacial score (nSPS) is 10.2. The van der Waals surface area contributed by atoms with E-state index in [2.05, 4.69) is 10.3 Å². The van der Waals surface area contributed by atoms with E-state index >= 15 is 0 Å². The minimum absolute atomic E-state index is 0.251. The van der Waals surface area contributed by atoms with E-state index in [1.54, 1.807) is 18.7 Å². The van der Waals surface area contributed by atoms with Gasteiger partial charge in [-0.15, -0.1) is 0 Å². The summed E-state index contributed by atoms with van der Waals surface area (Å²) in [6.07, 6.45) is 5.03. The molecule has 1 aromatic carbocycles. The van der Waals surface area contributed by atoms with Crippen LogP contribution in [0.25, 0.3) is 0 Å². The van der Waals surface area contributed by atoms with Gasteiger partial charge in [-0.1, -0.05) is 0 Å². The van der Waals surface area contributed by atoms with Gasteiger partial charge in [-0.3, -0.25) is 20.2 Å². The quantitative estimate of drug-likeness (QED) is 0.635. The number of imidazole rings is 1. The van der Waals surface area contributed by atoms with Gasteiger partial charge in [0.1, 0.15) is 5.69 Å². The Balaban J connectivity index is 2.10. The number of nitrogens with zero attached hydrogens (tertiary/aromatic N) is 4. The van der Waals surface area contributed by atoms with Crippen LogP contribution in [0.5, 0.6) is 0 Å². The summed E-state index contributed by atoms with van der Waals surface area (Å²) in [6, 6.07) is 3.51. The number of aromatic nitrogens is 2. The molecule has 0 aliphatic carbocycles. The van der Waals surface area contributed by atoms with Crippen LogP contribution < -0.4 is 5.32 Å². The largest absolute Gasteiger partial charge is 0.378 e. The van der Waals surface area contributed by atoms with Crippen LogP contribution in [0, 0.1) is 20.2 Å². The Morgan fingerprint density at radius 1 is 1.25 bits per heavy atom. The first-order valence-electron chi connectivity index (χ1n) is 5.70. The summed E-state index contributed by atoms with van der Waals surface area (Å²) in [5, 5.41) is 24.4. The van der Waals surface area contributed by atoms with E-state index in [1.165, 1.54) is 12.1 Å². The van der Waals surface area contributed by atoms with Crippen LogP contribution in [-0.2, 0) is 6.54 Å². The van der Waals surface area contributed by atoms with Gasteiger partial charge < -0.3 is 9.88 Å². The molecule has 0 amide bonds. The number of nitrogens with one attached hydrogen (secondary N) is 1. The molecule has 0 unspecified atom stereocenters. The van der Waals surface area contributed by atoms with Crippen molar-refractivity contribution in [3.8, 4) is 0 Å². The smallest absolute Gasteiger partial charge is 0.299 e. The number of anilines is 1. The van der Waals surface area contributed by atoms with Crippen LogP contribution in [-0.4, -0.2) is 25.9 Å². The van der Waals surface area contributed by atoms with Gasteiger partial charge in [0.2, 0.25) is 0 Å². The molecule has 104 valence electrons. The van der Waals surface area contributed by atoms with Gasteiger partial charge >= 0.3 is 0 Å². The molecule has 2 aromatic rings. The highest BCUT2D eigenvalue weighted by Crippen LogP contribution is 2.28. The molecule has 0 saturated carbocycles. The minimum Gasteiger partial charge on any atom is -0.378 e. The summed E-state index contributed by atoms with van der Waals surface area (Å²) in [5.74, 6) is 0. The first kappa shape index (κ1) is 13.5. The molecule has 0 fully saturated rings. The Morgan fingerprint density at radius 3 is 2.65 bits per heavy atom. The minimum atomic E-state index is -0.664. The number of non-ortho nitro benzene ring substituents is 1. The molecule has 0 saturated heterocycles. The van der Waals surface area contributed by atoms with E-state index in [0.717, 1.165) is 6.07 Å². The second-order valence-corrected chi connectivity index (χ2v) is 3.94. The van der Waals surface area contributed by atoms with Crippen LogP contribution in [0.15, 0.2) is 36.9 Å². The van der Waals surface area contributed by atoms with Crippen molar-refractivity contribution >= 4 is 17.1 Å². The molecule has 0 bridgehead atoms. The average Bonchev–Trinajstić information content (AvgIpc) is 2.91. The van der Waals surface area contributed by atoms with Gasteiger partial charge in [-0.2, -0.15) is 0 Å². The molecule has 0 aliphatic heterocycles. The van der Waals surface area contributed by atoms with Gasteiger partial charge in [-0.25, -0.2) is 4.98 Å². The predicted octanol–water partition coefficient (Wildman–Crippen LogP) is 1.81. The Kier molecular flexibility index (Phi) is 3.89. The van der Waals surface area contributed by atoms with Crippen molar-refractivity contribution in [3.63, 3.8) is 0 Å². The molecule has 1 aromatic heterocycles. The molecule has 1 N–H and O–H groups in total. The zero-order valence-electron chi connectivity index (χ0n) is 10.3. The first-order chi connectivity index (χ1) is 9.58. The van der Waals surface area contributed by atoms with Crippen LogP contribution in [0.4, 0.5) is 17.1 Å². The van der Waals surface area contributed by atoms with Crippen molar-refractivity contribution in [1.82, 2.24) is 9.55 Å². The highest BCUT2D eigenvalue weighted by molar-refractivity contribution is 5.65. The summed E-state index contributed by atoms with van der Waals surface area (Å²) in [7, 11) is 0. The molecule has 0 spiro atoms. The maximum atomic E-state index is 10.9. The third-order valence-electron chi connectivity index (χ3n) is 2.63. The predicted molar refractivity (Wildman–Crippen MR) is 70.5 cm³/mol. The fraction of sp³-hybridized carbons (Fsp3) is 0.182. The van der Waals surface area contributed by atoms with Crippen molar-refractivity contribution in [2.45, 2.75) is 6.54 Å². The molecule has 9 nitrogen and oxygen atoms in total. The fourth-order valence-corrected chi connectivity index (χ4v) is 1.67. The summed E-state index contributed by atoms with van der Waals surface area (Å²) in [6.45, 7) is 1.02. The van der Waals surface area contributed by atoms with Crippen molar-refractivity contribution < 1.29 is 9.85 Å². The second kappa shape index (κ2) is 5.78. The lowest BCUT2D eigenvalue weighted by molar-refractivity contribution is -0.393. The average molecular weight is 277 g/mol. The zero-order valence-corrected chi connectivity index (χ0v) is 10.3. The summed E-state index contributed by atoms with van der Waals surface area (Å²) >= 11 is 0. The lowest BCUT2D eigenvalue weighted by Crippen LogP contribution is -2.10. The third kappa shape index (κ3) is 3.07. The number of hydrogen-bond acceptors (Lipinski definition) is 6. The summed E-state index contributed by atoms with van der Waals surface area (Å²) in [4.78, 5) is 24.1. The number of rotatable bonds is 6. The maximum Gasteiger partial charge on any atom is 0.299 e. The lowest BCUT2D eigenvalue weighted by atomic mass is 10.2. The van der Waals surface area contributed by atoms with E-state index < -0.39 is 9.85 Å². The number of hydrogen-bond donors (Lipinski definition) is 1. The number of nitro benzene ring substituents is 2. The molecule has 2 rings (SSSR count). The van der Waals surface area contributed by atoms with Crippen LogP contribution >= 0.6 is 0 Å². The lowest BCUT2D eigenvalue weighted by Gasteiger charge is -2.07. The Bertz CT molecular complexity index is 626. The SMILES string of the molecule is O=[N+]([O-])c1ccc(NCCn2ccnc2)c([N+](=O)[O-])c1. The molecule has 1 heterocycles. The van der Waals surface area contributed by atoms with Crippen LogP contribution in [0.1, 0.15) is 0 Å². The van der Waals surface area contributed by atoms with E-state index in [0.29, 0.717) is 13.1 Å². The van der Waals surface area contributed by atoms with E-state index in [1.807, 2.05) is 4.57 Å². The fourth-order valence-electron chi connectivity index (χ4n) is 1.67. The topological polar surface area (TPSA) is 116 Å². The second-order valence-electron chi connectivity index (χ2n) is 3.94. The van der Waals surface area contributed by atoms with Gasteiger partial charge in [0.05, 0.1) is 22.2 Å². The zero-order chi connectivity index (χ0) is 14.5. The monoisotopic (exact) mass is 277 g/mol. The van der Waals surface area contributed by atoms with Gasteiger partial charge in [0, 0.05) is 31.5 Å². The molecule has 9 heteroatoms. The highest BCUT2D eigenvalue weighted by atomic mass is 16.6. The maximum absolute atomic E-state index is 10.9. The van der Waals surface area contributed by atoms with Gasteiger partial charge in [-0.05, 0) is 6.07 Å². The Morgan fingerprint density at radius 2 is 2.05 bits per heavy atom. The number of nitro groups is 2. The van der Waals surface area contributed by atoms with Crippen molar-refractivity contribution in [2.75, 3.05) is 11.9 Å². The van der Waals surface area contributed by atoms with Crippen molar-refractivity contribution in [2.24, 2.45) is 0 Å². The molecule has 0 atom stereocenters. The van der Waals surface area contributed by atoms with Crippen molar-refractivity contribution in [3.05, 3.63) is 57.1 Å². The van der Waals surface area contributed by atoms with E-state index in [-0.39, 0.29) is 17.1 Å². The molecule has 0 radical (unpaired) electrons. The standard InChI is InChI=1S/C11H11N5O4/c17-15(18)9-1-2-10(11(7-9)16(19)20)13-4-6-14-5-3-12-8-14/h1-3,5,7-8,13H,4,6H2. The summed E-state index contributed by atoms with van der Waals surface area (Å²) in [5.41, 5.74) is -0.373. The Labute approximate surface area is 113 Å². The van der Waals surface area contributed by atoms with E-state index in [9.17, 15) is 20.2 Å². The van der Waals surface area contributed by atoms with Gasteiger partial charge in [0.15, 0.2) is 0 Å². The van der Waals surface area contributed by atoms with E-state index in [4.69, 9.17) is 0 Å². The Hall–Kier alpha value is -2.97. The molecule has 20 heavy (non-hydrogen) atoms. The molecular formula is C11H11N5O4. The molecular weight excluding hydrogens is 266 g/mol. The highest BCUT2D eigenvalue weighted by Gasteiger charge is 2.18.